The van der Waals surface area contributed by atoms with Crippen LogP contribution in [-0.2, 0) is 19.1 Å². The van der Waals surface area contributed by atoms with Gasteiger partial charge in [0.05, 0.1) is 12.2 Å². The van der Waals surface area contributed by atoms with Gasteiger partial charge in [-0.05, 0) is 33.1 Å². The molecular formula is C18H34N2O4. The molecule has 0 bridgehead atoms. The van der Waals surface area contributed by atoms with Gasteiger partial charge >= 0.3 is 5.97 Å². The van der Waals surface area contributed by atoms with Gasteiger partial charge in [0.25, 0.3) is 0 Å². The highest BCUT2D eigenvalue weighted by molar-refractivity contribution is 5.92. The Morgan fingerprint density at radius 2 is 1.83 bits per heavy atom. The number of esters is 1. The molecule has 3 atom stereocenters. The number of hydrogen-bond donors (Lipinski definition) is 2. The van der Waals surface area contributed by atoms with E-state index in [0.717, 1.165) is 0 Å². The lowest BCUT2D eigenvalue weighted by Crippen LogP contribution is -2.76. The summed E-state index contributed by atoms with van der Waals surface area (Å²) in [5, 5.41) is 2.82. The summed E-state index contributed by atoms with van der Waals surface area (Å²) >= 11 is 0. The van der Waals surface area contributed by atoms with Crippen LogP contribution in [0.25, 0.3) is 0 Å². The summed E-state index contributed by atoms with van der Waals surface area (Å²) in [6.45, 7) is 13.9. The highest BCUT2D eigenvalue weighted by Gasteiger charge is 2.63. The molecule has 1 aliphatic carbocycles. The third-order valence-corrected chi connectivity index (χ3v) is 4.88. The van der Waals surface area contributed by atoms with E-state index in [9.17, 15) is 9.59 Å². The molecule has 1 amide bonds. The first-order valence-corrected chi connectivity index (χ1v) is 8.87. The number of amides is 1. The van der Waals surface area contributed by atoms with Crippen LogP contribution in [0, 0.1) is 11.3 Å². The first-order chi connectivity index (χ1) is 11.0. The molecule has 1 fully saturated rings. The molecule has 24 heavy (non-hydrogen) atoms. The van der Waals surface area contributed by atoms with E-state index in [1.165, 1.54) is 0 Å². The fraction of sp³-hybridized carbons (Fsp3) is 0.889. The minimum Gasteiger partial charge on any atom is -0.461 e. The van der Waals surface area contributed by atoms with Crippen LogP contribution in [0.3, 0.4) is 0 Å². The van der Waals surface area contributed by atoms with E-state index in [2.05, 4.69) is 5.32 Å². The second-order valence-corrected chi connectivity index (χ2v) is 7.98. The smallest absolute Gasteiger partial charge is 0.328 e. The quantitative estimate of drug-likeness (QED) is 0.658. The van der Waals surface area contributed by atoms with Gasteiger partial charge in [-0.1, -0.05) is 27.7 Å². The van der Waals surface area contributed by atoms with E-state index in [1.807, 2.05) is 34.6 Å². The lowest BCUT2D eigenvalue weighted by atomic mass is 9.54. The molecule has 0 aromatic rings. The van der Waals surface area contributed by atoms with Crippen LogP contribution in [0.2, 0.25) is 0 Å². The zero-order chi connectivity index (χ0) is 18.7. The Kier molecular flexibility index (Phi) is 6.82. The van der Waals surface area contributed by atoms with E-state index in [4.69, 9.17) is 15.2 Å². The van der Waals surface area contributed by atoms with Crippen molar-refractivity contribution >= 4 is 11.9 Å². The molecule has 1 saturated carbocycles. The van der Waals surface area contributed by atoms with Gasteiger partial charge in [-0.2, -0.15) is 0 Å². The van der Waals surface area contributed by atoms with Crippen molar-refractivity contribution in [3.05, 3.63) is 0 Å². The number of ether oxygens (including phenoxy) is 2. The Hall–Kier alpha value is -1.14. The number of carbonyl (C=O) groups excluding carboxylic acids is 2. The first kappa shape index (κ1) is 20.9. The monoisotopic (exact) mass is 342 g/mol. The SMILES string of the molecule is CCOC1CC(N)(C(=O)N[C@@H](CC(C)C)C(=O)OC(C)C)C1(C)C. The zero-order valence-electron chi connectivity index (χ0n) is 16.1. The normalized spacial score (nSPS) is 26.8. The number of nitrogens with one attached hydrogen (secondary N) is 1. The van der Waals surface area contributed by atoms with E-state index in [0.29, 0.717) is 19.4 Å². The molecule has 6 nitrogen and oxygen atoms in total. The van der Waals surface area contributed by atoms with E-state index >= 15 is 0 Å². The van der Waals surface area contributed by atoms with Crippen LogP contribution in [0.15, 0.2) is 0 Å². The lowest BCUT2D eigenvalue weighted by molar-refractivity contribution is -0.173. The zero-order valence-corrected chi connectivity index (χ0v) is 16.1. The van der Waals surface area contributed by atoms with Crippen molar-refractivity contribution in [1.82, 2.24) is 5.32 Å². The van der Waals surface area contributed by atoms with Crippen molar-refractivity contribution in [2.75, 3.05) is 6.61 Å². The Morgan fingerprint density at radius 1 is 1.25 bits per heavy atom. The number of carbonyl (C=O) groups is 2. The van der Waals surface area contributed by atoms with Gasteiger partial charge < -0.3 is 20.5 Å². The topological polar surface area (TPSA) is 90.6 Å². The predicted octanol–water partition coefficient (Wildman–Crippen LogP) is 2.00. The Balaban J connectivity index is 2.83. The Labute approximate surface area is 145 Å². The van der Waals surface area contributed by atoms with Crippen LogP contribution in [0.4, 0.5) is 0 Å². The summed E-state index contributed by atoms with van der Waals surface area (Å²) in [4.78, 5) is 25.1. The molecule has 0 spiro atoms. The molecule has 0 radical (unpaired) electrons. The number of nitrogens with two attached hydrogens (primary N) is 1. The highest BCUT2D eigenvalue weighted by Crippen LogP contribution is 2.49. The van der Waals surface area contributed by atoms with E-state index in [-0.39, 0.29) is 24.0 Å². The Bertz CT molecular complexity index is 462. The largest absolute Gasteiger partial charge is 0.461 e. The first-order valence-electron chi connectivity index (χ1n) is 8.87. The highest BCUT2D eigenvalue weighted by atomic mass is 16.5. The van der Waals surface area contributed by atoms with E-state index < -0.39 is 23.0 Å². The van der Waals surface area contributed by atoms with Gasteiger partial charge in [-0.15, -0.1) is 0 Å². The van der Waals surface area contributed by atoms with E-state index in [1.54, 1.807) is 13.8 Å². The second-order valence-electron chi connectivity index (χ2n) is 7.98. The molecule has 3 N–H and O–H groups in total. The molecule has 0 saturated heterocycles. The predicted molar refractivity (Wildman–Crippen MR) is 93.3 cm³/mol. The average Bonchev–Trinajstić information content (AvgIpc) is 2.44. The lowest BCUT2D eigenvalue weighted by Gasteiger charge is -2.57. The third kappa shape index (κ3) is 4.28. The van der Waals surface area contributed by atoms with Crippen LogP contribution in [0.5, 0.6) is 0 Å². The molecular weight excluding hydrogens is 308 g/mol. The van der Waals surface area contributed by atoms with Crippen molar-refractivity contribution in [2.24, 2.45) is 17.1 Å². The minimum atomic E-state index is -1.04. The van der Waals surface area contributed by atoms with Gasteiger partial charge in [0.2, 0.25) is 5.91 Å². The van der Waals surface area contributed by atoms with Crippen LogP contribution in [0.1, 0.15) is 61.3 Å². The third-order valence-electron chi connectivity index (χ3n) is 4.88. The second kappa shape index (κ2) is 7.83. The number of hydrogen-bond acceptors (Lipinski definition) is 5. The van der Waals surface area contributed by atoms with Crippen LogP contribution < -0.4 is 11.1 Å². The van der Waals surface area contributed by atoms with Crippen molar-refractivity contribution < 1.29 is 19.1 Å². The van der Waals surface area contributed by atoms with Crippen molar-refractivity contribution in [3.63, 3.8) is 0 Å². The van der Waals surface area contributed by atoms with Gasteiger partial charge in [0, 0.05) is 18.4 Å². The van der Waals surface area contributed by atoms with Crippen molar-refractivity contribution in [1.29, 1.82) is 0 Å². The average molecular weight is 342 g/mol. The summed E-state index contributed by atoms with van der Waals surface area (Å²) in [5.74, 6) is -0.474. The molecule has 1 rings (SSSR count). The summed E-state index contributed by atoms with van der Waals surface area (Å²) in [7, 11) is 0. The summed E-state index contributed by atoms with van der Waals surface area (Å²) < 4.78 is 10.9. The molecule has 0 heterocycles. The Morgan fingerprint density at radius 3 is 2.25 bits per heavy atom. The van der Waals surface area contributed by atoms with Gasteiger partial charge in [-0.3, -0.25) is 4.79 Å². The maximum atomic E-state index is 12.8. The van der Waals surface area contributed by atoms with Gasteiger partial charge in [0.15, 0.2) is 0 Å². The van der Waals surface area contributed by atoms with Crippen LogP contribution in [-0.4, -0.2) is 42.3 Å². The molecule has 0 aromatic heterocycles. The molecule has 6 heteroatoms. The molecule has 2 unspecified atom stereocenters. The summed E-state index contributed by atoms with van der Waals surface area (Å²) in [6.07, 6.45) is 0.693. The minimum absolute atomic E-state index is 0.0515. The molecule has 1 aliphatic rings. The van der Waals surface area contributed by atoms with Gasteiger partial charge in [-0.25, -0.2) is 4.79 Å². The summed E-state index contributed by atoms with van der Waals surface area (Å²) in [6, 6.07) is -0.678. The van der Waals surface area contributed by atoms with Gasteiger partial charge in [0.1, 0.15) is 11.6 Å². The summed E-state index contributed by atoms with van der Waals surface area (Å²) in [5.41, 5.74) is 4.85. The van der Waals surface area contributed by atoms with Crippen molar-refractivity contribution in [3.8, 4) is 0 Å². The fourth-order valence-corrected chi connectivity index (χ4v) is 3.11. The molecule has 0 aliphatic heterocycles. The number of rotatable bonds is 8. The maximum Gasteiger partial charge on any atom is 0.328 e. The van der Waals surface area contributed by atoms with Crippen molar-refractivity contribution in [2.45, 2.75) is 85.1 Å². The molecule has 140 valence electrons. The standard InChI is InChI=1S/C18H34N2O4/c1-8-23-14-10-18(19,17(14,6)7)16(22)20-13(9-11(2)3)15(21)24-12(4)5/h11-14H,8-10,19H2,1-7H3,(H,20,22)/t13-,14?,18?/m0/s1. The van der Waals surface area contributed by atoms with Crippen LogP contribution >= 0.6 is 0 Å². The maximum absolute atomic E-state index is 12.8. The molecule has 0 aromatic carbocycles. The fourth-order valence-electron chi connectivity index (χ4n) is 3.11.